The summed E-state index contributed by atoms with van der Waals surface area (Å²) in [4.78, 5) is 37.5. The maximum Gasteiger partial charge on any atom is 0.269 e. The summed E-state index contributed by atoms with van der Waals surface area (Å²) in [7, 11) is 1.63. The summed E-state index contributed by atoms with van der Waals surface area (Å²) in [5, 5.41) is 12.9. The van der Waals surface area contributed by atoms with E-state index in [1.165, 1.54) is 23.5 Å². The molecule has 2 aromatic heterocycles. The number of nitrogens with zero attached hydrogens (tertiary/aromatic N) is 5. The number of anilines is 1. The summed E-state index contributed by atoms with van der Waals surface area (Å²) in [6.45, 7) is 4.73. The molecule has 172 valence electrons. The zero-order chi connectivity index (χ0) is 23.4. The lowest BCUT2D eigenvalue weighted by Gasteiger charge is -2.36. The smallest absolute Gasteiger partial charge is 0.269 e. The molecule has 1 fully saturated rings. The van der Waals surface area contributed by atoms with E-state index < -0.39 is 4.92 Å². The summed E-state index contributed by atoms with van der Waals surface area (Å²) < 4.78 is 5.39. The molecule has 0 unspecified atom stereocenters. The number of benzene rings is 1. The van der Waals surface area contributed by atoms with Crippen LogP contribution < -0.4 is 4.90 Å². The highest BCUT2D eigenvalue weighted by molar-refractivity contribution is 7.12. The van der Waals surface area contributed by atoms with Crippen LogP contribution in [0, 0.1) is 17.0 Å². The Hall–Kier alpha value is -3.37. The van der Waals surface area contributed by atoms with E-state index in [0.29, 0.717) is 45.0 Å². The van der Waals surface area contributed by atoms with Crippen molar-refractivity contribution in [1.29, 1.82) is 0 Å². The lowest BCUT2D eigenvalue weighted by Crippen LogP contribution is -2.49. The van der Waals surface area contributed by atoms with Gasteiger partial charge >= 0.3 is 0 Å². The minimum Gasteiger partial charge on any atom is -0.378 e. The van der Waals surface area contributed by atoms with Crippen LogP contribution in [0.3, 0.4) is 0 Å². The Kier molecular flexibility index (Phi) is 6.95. The highest BCUT2D eigenvalue weighted by atomic mass is 32.1. The van der Waals surface area contributed by atoms with E-state index in [1.54, 1.807) is 19.2 Å². The van der Waals surface area contributed by atoms with Crippen LogP contribution in [0.4, 0.5) is 11.5 Å². The molecule has 1 aliphatic heterocycles. The molecule has 0 radical (unpaired) electrons. The number of ether oxygens (including phenoxy) is 1. The van der Waals surface area contributed by atoms with Gasteiger partial charge in [-0.05, 0) is 23.9 Å². The van der Waals surface area contributed by atoms with Crippen molar-refractivity contribution in [3.63, 3.8) is 0 Å². The largest absolute Gasteiger partial charge is 0.378 e. The number of hydrogen-bond acceptors (Lipinski definition) is 8. The Labute approximate surface area is 195 Å². The highest BCUT2D eigenvalue weighted by Gasteiger charge is 2.26. The quantitative estimate of drug-likeness (QED) is 0.387. The Morgan fingerprint density at radius 1 is 1.15 bits per heavy atom. The van der Waals surface area contributed by atoms with Gasteiger partial charge in [-0.3, -0.25) is 14.9 Å². The maximum atomic E-state index is 12.7. The lowest BCUT2D eigenvalue weighted by molar-refractivity contribution is -0.384. The SMILES string of the molecule is COCc1nc(C)nc(N2CCN(C(=O)c3cccs3)CC2)c1Cc1ccc([N+](=O)[O-])cc1. The summed E-state index contributed by atoms with van der Waals surface area (Å²) >= 11 is 1.46. The zero-order valence-corrected chi connectivity index (χ0v) is 19.4. The summed E-state index contributed by atoms with van der Waals surface area (Å²) in [6.07, 6.45) is 0.528. The molecule has 33 heavy (non-hydrogen) atoms. The fourth-order valence-corrected chi connectivity index (χ4v) is 4.64. The summed E-state index contributed by atoms with van der Waals surface area (Å²) in [5.41, 5.74) is 2.73. The predicted molar refractivity (Wildman–Crippen MR) is 126 cm³/mol. The van der Waals surface area contributed by atoms with E-state index >= 15 is 0 Å². The number of nitro groups is 1. The minimum atomic E-state index is -0.405. The van der Waals surface area contributed by atoms with E-state index in [0.717, 1.165) is 27.5 Å². The van der Waals surface area contributed by atoms with E-state index in [1.807, 2.05) is 29.3 Å². The van der Waals surface area contributed by atoms with Crippen LogP contribution >= 0.6 is 11.3 Å². The molecule has 0 atom stereocenters. The molecule has 0 bridgehead atoms. The van der Waals surface area contributed by atoms with Crippen molar-refractivity contribution < 1.29 is 14.5 Å². The first-order valence-electron chi connectivity index (χ1n) is 10.6. The van der Waals surface area contributed by atoms with Gasteiger partial charge < -0.3 is 14.5 Å². The van der Waals surface area contributed by atoms with Gasteiger partial charge in [-0.1, -0.05) is 18.2 Å². The molecule has 3 heterocycles. The molecule has 10 heteroatoms. The fourth-order valence-electron chi connectivity index (χ4n) is 3.95. The van der Waals surface area contributed by atoms with Crippen LogP contribution in [-0.4, -0.2) is 59.0 Å². The second-order valence-electron chi connectivity index (χ2n) is 7.81. The third-order valence-corrected chi connectivity index (χ3v) is 6.45. The first-order chi connectivity index (χ1) is 16.0. The third-order valence-electron chi connectivity index (χ3n) is 5.59. The number of aromatic nitrogens is 2. The molecule has 0 saturated carbocycles. The van der Waals surface area contributed by atoms with Gasteiger partial charge in [0.25, 0.3) is 11.6 Å². The number of amides is 1. The number of nitro benzene ring substituents is 1. The Morgan fingerprint density at radius 2 is 1.88 bits per heavy atom. The molecule has 1 amide bonds. The van der Waals surface area contributed by atoms with Crippen molar-refractivity contribution in [2.75, 3.05) is 38.2 Å². The van der Waals surface area contributed by atoms with Gasteiger partial charge in [0, 0.05) is 57.4 Å². The molecular formula is C23H25N5O4S. The Balaban J connectivity index is 1.58. The van der Waals surface area contributed by atoms with Crippen molar-refractivity contribution in [1.82, 2.24) is 14.9 Å². The molecule has 4 rings (SSSR count). The van der Waals surface area contributed by atoms with E-state index in [2.05, 4.69) is 9.88 Å². The van der Waals surface area contributed by atoms with Gasteiger partial charge in [0.2, 0.25) is 0 Å². The van der Waals surface area contributed by atoms with E-state index in [9.17, 15) is 14.9 Å². The van der Waals surface area contributed by atoms with Gasteiger partial charge in [-0.2, -0.15) is 0 Å². The minimum absolute atomic E-state index is 0.0581. The maximum absolute atomic E-state index is 12.7. The number of thiophene rings is 1. The molecule has 0 N–H and O–H groups in total. The van der Waals surface area contributed by atoms with Gasteiger partial charge in [0.1, 0.15) is 11.6 Å². The number of piperazine rings is 1. The number of carbonyl (C=O) groups excluding carboxylic acids is 1. The number of rotatable bonds is 7. The van der Waals surface area contributed by atoms with Crippen LogP contribution in [-0.2, 0) is 17.8 Å². The first kappa shape index (κ1) is 22.8. The monoisotopic (exact) mass is 467 g/mol. The number of non-ortho nitro benzene ring substituents is 1. The predicted octanol–water partition coefficient (Wildman–Crippen LogP) is 3.45. The Bertz CT molecular complexity index is 1130. The average Bonchev–Trinajstić information content (AvgIpc) is 3.36. The molecule has 1 saturated heterocycles. The number of carbonyl (C=O) groups is 1. The van der Waals surface area contributed by atoms with Crippen LogP contribution in [0.1, 0.15) is 32.3 Å². The number of hydrogen-bond donors (Lipinski definition) is 0. The normalized spacial score (nSPS) is 13.9. The van der Waals surface area contributed by atoms with Crippen LogP contribution in [0.5, 0.6) is 0 Å². The lowest BCUT2D eigenvalue weighted by atomic mass is 10.0. The van der Waals surface area contributed by atoms with Gasteiger partial charge in [-0.25, -0.2) is 9.97 Å². The van der Waals surface area contributed by atoms with Crippen LogP contribution in [0.2, 0.25) is 0 Å². The zero-order valence-electron chi connectivity index (χ0n) is 18.6. The topological polar surface area (TPSA) is 102 Å². The summed E-state index contributed by atoms with van der Waals surface area (Å²) in [6, 6.07) is 10.3. The molecule has 9 nitrogen and oxygen atoms in total. The average molecular weight is 468 g/mol. The van der Waals surface area contributed by atoms with Crippen LogP contribution in [0.15, 0.2) is 41.8 Å². The number of aryl methyl sites for hydroxylation is 1. The van der Waals surface area contributed by atoms with Crippen LogP contribution in [0.25, 0.3) is 0 Å². The van der Waals surface area contributed by atoms with Crippen molar-refractivity contribution in [3.8, 4) is 0 Å². The molecule has 0 spiro atoms. The molecule has 1 aromatic carbocycles. The second-order valence-corrected chi connectivity index (χ2v) is 8.76. The number of methoxy groups -OCH3 is 1. The fraction of sp³-hybridized carbons (Fsp3) is 0.348. The van der Waals surface area contributed by atoms with Crippen molar-refractivity contribution in [2.24, 2.45) is 0 Å². The van der Waals surface area contributed by atoms with Gasteiger partial charge in [-0.15, -0.1) is 11.3 Å². The van der Waals surface area contributed by atoms with Crippen molar-refractivity contribution in [2.45, 2.75) is 20.0 Å². The van der Waals surface area contributed by atoms with E-state index in [-0.39, 0.29) is 11.6 Å². The molecule has 3 aromatic rings. The Morgan fingerprint density at radius 3 is 2.48 bits per heavy atom. The second kappa shape index (κ2) is 10.1. The third kappa shape index (κ3) is 5.18. The first-order valence-corrected chi connectivity index (χ1v) is 11.5. The molecule has 1 aliphatic rings. The van der Waals surface area contributed by atoms with Gasteiger partial charge in [0.05, 0.1) is 22.1 Å². The van der Waals surface area contributed by atoms with Crippen molar-refractivity contribution >= 4 is 28.7 Å². The van der Waals surface area contributed by atoms with E-state index in [4.69, 9.17) is 9.72 Å². The van der Waals surface area contributed by atoms with Crippen molar-refractivity contribution in [3.05, 3.63) is 79.4 Å². The highest BCUT2D eigenvalue weighted by Crippen LogP contribution is 2.27. The molecular weight excluding hydrogens is 442 g/mol. The summed E-state index contributed by atoms with van der Waals surface area (Å²) in [5.74, 6) is 1.55. The van der Waals surface area contributed by atoms with Gasteiger partial charge in [0.15, 0.2) is 0 Å². The standard InChI is InChI=1S/C23H25N5O4S/c1-16-24-20(15-32-2)19(14-17-5-7-18(8-6-17)28(30)31)22(25-16)26-9-11-27(12-10-26)23(29)21-4-3-13-33-21/h3-8,13H,9-12,14-15H2,1-2H3. The molecule has 0 aliphatic carbocycles.